The Bertz CT molecular complexity index is 638. The van der Waals surface area contributed by atoms with Crippen molar-refractivity contribution in [3.8, 4) is 0 Å². The minimum Gasteiger partial charge on any atom is -0.453 e. The number of fused-ring (bicyclic) bond motifs is 1. The second kappa shape index (κ2) is 6.05. The summed E-state index contributed by atoms with van der Waals surface area (Å²) in [7, 11) is 0. The van der Waals surface area contributed by atoms with Gasteiger partial charge >= 0.3 is 5.97 Å². The first-order valence-electron chi connectivity index (χ1n) is 7.17. The maximum absolute atomic E-state index is 12.2. The molecule has 6 nitrogen and oxygen atoms in total. The van der Waals surface area contributed by atoms with Crippen molar-refractivity contribution in [3.05, 3.63) is 47.3 Å². The Kier molecular flexibility index (Phi) is 3.96. The molecule has 2 N–H and O–H groups in total. The van der Waals surface area contributed by atoms with Crippen LogP contribution in [0.2, 0.25) is 0 Å². The molecule has 0 saturated heterocycles. The van der Waals surface area contributed by atoms with Crippen molar-refractivity contribution in [1.82, 2.24) is 15.0 Å². The normalized spacial score (nSPS) is 17.3. The van der Waals surface area contributed by atoms with Gasteiger partial charge in [0.05, 0.1) is 12.7 Å². The summed E-state index contributed by atoms with van der Waals surface area (Å²) in [4.78, 5) is 12.2. The number of hydrogen-bond donors (Lipinski definition) is 1. The largest absolute Gasteiger partial charge is 0.453 e. The number of aryl methyl sites for hydroxylation is 1. The number of ether oxygens (including phenoxy) is 1. The fourth-order valence-corrected chi connectivity index (χ4v) is 2.65. The van der Waals surface area contributed by atoms with Crippen LogP contribution < -0.4 is 5.73 Å². The molecule has 0 spiro atoms. The number of rotatable bonds is 4. The van der Waals surface area contributed by atoms with Crippen molar-refractivity contribution in [1.29, 1.82) is 0 Å². The molecular formula is C15H18N4O2. The van der Waals surface area contributed by atoms with Gasteiger partial charge in [-0.05, 0) is 30.4 Å². The molecule has 0 aliphatic heterocycles. The number of benzene rings is 1. The van der Waals surface area contributed by atoms with E-state index in [1.54, 1.807) is 10.9 Å². The van der Waals surface area contributed by atoms with Crippen LogP contribution >= 0.6 is 0 Å². The second-order valence-corrected chi connectivity index (χ2v) is 5.14. The molecule has 21 heavy (non-hydrogen) atoms. The molecule has 0 saturated carbocycles. The van der Waals surface area contributed by atoms with Crippen LogP contribution in [0, 0.1) is 0 Å². The Hall–Kier alpha value is -2.21. The van der Waals surface area contributed by atoms with Gasteiger partial charge in [-0.3, -0.25) is 4.68 Å². The number of esters is 1. The highest BCUT2D eigenvalue weighted by Crippen LogP contribution is 2.32. The van der Waals surface area contributed by atoms with Crippen LogP contribution in [-0.4, -0.2) is 27.5 Å². The van der Waals surface area contributed by atoms with E-state index in [-0.39, 0.29) is 11.8 Å². The lowest BCUT2D eigenvalue weighted by molar-refractivity contribution is 0.0249. The molecule has 0 amide bonds. The molecule has 6 heteroatoms. The topological polar surface area (TPSA) is 83.0 Å². The molecule has 0 fully saturated rings. The first-order chi connectivity index (χ1) is 10.3. The monoisotopic (exact) mass is 286 g/mol. The van der Waals surface area contributed by atoms with E-state index in [9.17, 15) is 4.79 Å². The SMILES string of the molecule is NCCn1cc(C(=O)OC2CCCc3ccccc32)nn1. The van der Waals surface area contributed by atoms with Gasteiger partial charge in [0.1, 0.15) is 6.10 Å². The fraction of sp³-hybridized carbons (Fsp3) is 0.400. The molecule has 3 rings (SSSR count). The number of aromatic nitrogens is 3. The maximum atomic E-state index is 12.2. The van der Waals surface area contributed by atoms with Crippen LogP contribution in [0.15, 0.2) is 30.5 Å². The van der Waals surface area contributed by atoms with Crippen LogP contribution in [0.3, 0.4) is 0 Å². The minimum atomic E-state index is -0.431. The van der Waals surface area contributed by atoms with Crippen LogP contribution in [0.1, 0.15) is 40.6 Å². The lowest BCUT2D eigenvalue weighted by Gasteiger charge is -2.24. The highest BCUT2D eigenvalue weighted by atomic mass is 16.5. The first kappa shape index (κ1) is 13.8. The van der Waals surface area contributed by atoms with Crippen LogP contribution in [0.25, 0.3) is 0 Å². The van der Waals surface area contributed by atoms with Crippen molar-refractivity contribution in [2.45, 2.75) is 31.9 Å². The number of carbonyl (C=O) groups is 1. The number of nitrogens with two attached hydrogens (primary N) is 1. The van der Waals surface area contributed by atoms with E-state index in [0.717, 1.165) is 24.8 Å². The van der Waals surface area contributed by atoms with Gasteiger partial charge in [-0.2, -0.15) is 0 Å². The highest BCUT2D eigenvalue weighted by Gasteiger charge is 2.24. The zero-order valence-corrected chi connectivity index (χ0v) is 11.7. The quantitative estimate of drug-likeness (QED) is 0.861. The standard InChI is InChI=1S/C15H18N4O2/c16-8-9-19-10-13(17-18-19)15(20)21-14-7-3-5-11-4-1-2-6-12(11)14/h1-2,4,6,10,14H,3,5,7-9,16H2. The first-order valence-corrected chi connectivity index (χ1v) is 7.17. The highest BCUT2D eigenvalue weighted by molar-refractivity contribution is 5.86. The van der Waals surface area contributed by atoms with E-state index in [1.807, 2.05) is 18.2 Å². The summed E-state index contributed by atoms with van der Waals surface area (Å²) in [6.07, 6.45) is 4.29. The third kappa shape index (κ3) is 2.95. The lowest BCUT2D eigenvalue weighted by atomic mass is 9.89. The molecule has 1 aliphatic rings. The zero-order valence-electron chi connectivity index (χ0n) is 11.7. The summed E-state index contributed by atoms with van der Waals surface area (Å²) in [5, 5.41) is 7.69. The lowest BCUT2D eigenvalue weighted by Crippen LogP contribution is -2.17. The Morgan fingerprint density at radius 3 is 3.14 bits per heavy atom. The molecule has 1 heterocycles. The molecule has 1 aromatic heterocycles. The summed E-state index contributed by atoms with van der Waals surface area (Å²) in [5.41, 5.74) is 8.03. The van der Waals surface area contributed by atoms with Crippen molar-refractivity contribution < 1.29 is 9.53 Å². The smallest absolute Gasteiger partial charge is 0.361 e. The van der Waals surface area contributed by atoms with Crippen molar-refractivity contribution in [2.75, 3.05) is 6.54 Å². The van der Waals surface area contributed by atoms with Crippen LogP contribution in [-0.2, 0) is 17.7 Å². The number of carbonyl (C=O) groups excluding carboxylic acids is 1. The van der Waals surface area contributed by atoms with Gasteiger partial charge in [0.25, 0.3) is 0 Å². The number of hydrogen-bond acceptors (Lipinski definition) is 5. The van der Waals surface area contributed by atoms with E-state index in [4.69, 9.17) is 10.5 Å². The third-order valence-corrected chi connectivity index (χ3v) is 3.67. The Labute approximate surface area is 122 Å². The molecule has 110 valence electrons. The predicted molar refractivity (Wildman–Crippen MR) is 76.6 cm³/mol. The molecule has 1 aliphatic carbocycles. The van der Waals surface area contributed by atoms with Gasteiger partial charge in [0, 0.05) is 6.54 Å². The average Bonchev–Trinajstić information content (AvgIpc) is 2.97. The molecule has 0 radical (unpaired) electrons. The Balaban J connectivity index is 1.73. The average molecular weight is 286 g/mol. The van der Waals surface area contributed by atoms with Gasteiger partial charge in [0.15, 0.2) is 5.69 Å². The van der Waals surface area contributed by atoms with E-state index in [1.165, 1.54) is 5.56 Å². The van der Waals surface area contributed by atoms with E-state index >= 15 is 0 Å². The number of nitrogens with zero attached hydrogens (tertiary/aromatic N) is 3. The third-order valence-electron chi connectivity index (χ3n) is 3.67. The van der Waals surface area contributed by atoms with E-state index < -0.39 is 5.97 Å². The zero-order chi connectivity index (χ0) is 14.7. The van der Waals surface area contributed by atoms with Gasteiger partial charge in [-0.15, -0.1) is 5.10 Å². The summed E-state index contributed by atoms with van der Waals surface area (Å²) >= 11 is 0. The molecule has 0 bridgehead atoms. The fourth-order valence-electron chi connectivity index (χ4n) is 2.65. The second-order valence-electron chi connectivity index (χ2n) is 5.14. The molecule has 1 aromatic carbocycles. The molecule has 1 atom stereocenters. The van der Waals surface area contributed by atoms with Crippen LogP contribution in [0.5, 0.6) is 0 Å². The molecule has 2 aromatic rings. The van der Waals surface area contributed by atoms with Gasteiger partial charge in [-0.25, -0.2) is 4.79 Å². The van der Waals surface area contributed by atoms with Crippen molar-refractivity contribution in [3.63, 3.8) is 0 Å². The molecule has 1 unspecified atom stereocenters. The maximum Gasteiger partial charge on any atom is 0.361 e. The Morgan fingerprint density at radius 2 is 2.29 bits per heavy atom. The van der Waals surface area contributed by atoms with Crippen molar-refractivity contribution in [2.24, 2.45) is 5.73 Å². The minimum absolute atomic E-state index is 0.192. The van der Waals surface area contributed by atoms with Gasteiger partial charge < -0.3 is 10.5 Å². The summed E-state index contributed by atoms with van der Waals surface area (Å²) in [5.74, 6) is -0.431. The summed E-state index contributed by atoms with van der Waals surface area (Å²) < 4.78 is 7.16. The Morgan fingerprint density at radius 1 is 1.43 bits per heavy atom. The van der Waals surface area contributed by atoms with Crippen LogP contribution in [0.4, 0.5) is 0 Å². The van der Waals surface area contributed by atoms with Crippen molar-refractivity contribution >= 4 is 5.97 Å². The molecular weight excluding hydrogens is 268 g/mol. The van der Waals surface area contributed by atoms with Gasteiger partial charge in [0.2, 0.25) is 0 Å². The summed E-state index contributed by atoms with van der Waals surface area (Å²) in [6.45, 7) is 0.986. The van der Waals surface area contributed by atoms with E-state index in [0.29, 0.717) is 13.1 Å². The summed E-state index contributed by atoms with van der Waals surface area (Å²) in [6, 6.07) is 8.11. The van der Waals surface area contributed by atoms with Gasteiger partial charge in [-0.1, -0.05) is 29.5 Å². The van der Waals surface area contributed by atoms with E-state index in [2.05, 4.69) is 16.4 Å². The predicted octanol–water partition coefficient (Wildman–Crippen LogP) is 1.47.